The predicted molar refractivity (Wildman–Crippen MR) is 82.4 cm³/mol. The number of aromatic nitrogens is 1. The van der Waals surface area contributed by atoms with Crippen LogP contribution in [0.4, 0.5) is 4.79 Å². The van der Waals surface area contributed by atoms with Crippen LogP contribution in [0.5, 0.6) is 0 Å². The maximum absolute atomic E-state index is 12.5. The lowest BCUT2D eigenvalue weighted by atomic mass is 9.73. The summed E-state index contributed by atoms with van der Waals surface area (Å²) in [5.74, 6) is -1.21. The van der Waals surface area contributed by atoms with Gasteiger partial charge in [-0.05, 0) is 30.5 Å². The van der Waals surface area contributed by atoms with Gasteiger partial charge in [0, 0.05) is 11.9 Å². The van der Waals surface area contributed by atoms with E-state index in [-0.39, 0.29) is 6.42 Å². The van der Waals surface area contributed by atoms with E-state index in [9.17, 15) is 14.4 Å². The highest BCUT2D eigenvalue weighted by atomic mass is 16.2. The summed E-state index contributed by atoms with van der Waals surface area (Å²) in [6, 6.07) is 13.5. The van der Waals surface area contributed by atoms with Crippen molar-refractivity contribution in [3.63, 3.8) is 0 Å². The molecule has 0 spiro atoms. The summed E-state index contributed by atoms with van der Waals surface area (Å²) in [6.45, 7) is 0. The normalized spacial score (nSPS) is 16.6. The molecule has 116 valence electrons. The number of hydrogen-bond donors (Lipinski definition) is 2. The Hall–Kier alpha value is -3.02. The van der Waals surface area contributed by atoms with Gasteiger partial charge in [0.1, 0.15) is 0 Å². The van der Waals surface area contributed by atoms with Gasteiger partial charge in [-0.1, -0.05) is 36.4 Å². The van der Waals surface area contributed by atoms with Gasteiger partial charge in [-0.3, -0.25) is 25.2 Å². The van der Waals surface area contributed by atoms with Crippen LogP contribution in [-0.2, 0) is 21.4 Å². The molecule has 6 heteroatoms. The average molecular weight is 309 g/mol. The van der Waals surface area contributed by atoms with E-state index >= 15 is 0 Å². The van der Waals surface area contributed by atoms with Crippen LogP contribution in [0.3, 0.4) is 0 Å². The molecule has 1 aromatic heterocycles. The Morgan fingerprint density at radius 2 is 1.52 bits per heavy atom. The molecular formula is C17H15N3O3. The number of nitrogens with zero attached hydrogens (tertiary/aromatic N) is 1. The van der Waals surface area contributed by atoms with Crippen LogP contribution < -0.4 is 10.6 Å². The fraction of sp³-hybridized carbons (Fsp3) is 0.176. The molecule has 2 N–H and O–H groups in total. The van der Waals surface area contributed by atoms with Gasteiger partial charge in [0.25, 0.3) is 0 Å². The van der Waals surface area contributed by atoms with E-state index in [4.69, 9.17) is 0 Å². The van der Waals surface area contributed by atoms with Crippen LogP contribution in [-0.4, -0.2) is 22.8 Å². The number of carbonyl (C=O) groups excluding carboxylic acids is 3. The monoisotopic (exact) mass is 309 g/mol. The van der Waals surface area contributed by atoms with E-state index in [0.29, 0.717) is 12.0 Å². The van der Waals surface area contributed by atoms with Crippen LogP contribution >= 0.6 is 0 Å². The van der Waals surface area contributed by atoms with Crippen molar-refractivity contribution in [2.45, 2.75) is 18.3 Å². The van der Waals surface area contributed by atoms with E-state index in [1.165, 1.54) is 0 Å². The van der Waals surface area contributed by atoms with Crippen molar-refractivity contribution in [1.82, 2.24) is 15.6 Å². The highest BCUT2D eigenvalue weighted by molar-refractivity contribution is 6.22. The van der Waals surface area contributed by atoms with Crippen LogP contribution in [0.25, 0.3) is 0 Å². The summed E-state index contributed by atoms with van der Waals surface area (Å²) in [7, 11) is 0. The van der Waals surface area contributed by atoms with Crippen molar-refractivity contribution in [1.29, 1.82) is 0 Å². The van der Waals surface area contributed by atoms with Crippen LogP contribution in [0, 0.1) is 0 Å². The Morgan fingerprint density at radius 1 is 0.870 bits per heavy atom. The molecule has 0 atom stereocenters. The maximum atomic E-state index is 12.5. The molecule has 0 bridgehead atoms. The van der Waals surface area contributed by atoms with Gasteiger partial charge in [-0.2, -0.15) is 0 Å². The van der Waals surface area contributed by atoms with E-state index in [1.54, 1.807) is 42.6 Å². The number of amides is 4. The van der Waals surface area contributed by atoms with Gasteiger partial charge < -0.3 is 0 Å². The van der Waals surface area contributed by atoms with Gasteiger partial charge in [0.05, 0.1) is 0 Å². The molecule has 0 unspecified atom stereocenters. The Labute approximate surface area is 132 Å². The van der Waals surface area contributed by atoms with Crippen molar-refractivity contribution < 1.29 is 14.4 Å². The molecule has 1 aliphatic heterocycles. The lowest BCUT2D eigenvalue weighted by molar-refractivity contribution is -0.138. The third-order valence-electron chi connectivity index (χ3n) is 3.98. The highest BCUT2D eigenvalue weighted by Gasteiger charge is 2.51. The molecule has 3 rings (SSSR count). The van der Waals surface area contributed by atoms with Crippen molar-refractivity contribution >= 4 is 17.8 Å². The maximum Gasteiger partial charge on any atom is 0.328 e. The molecule has 0 saturated carbocycles. The zero-order valence-corrected chi connectivity index (χ0v) is 12.3. The molecule has 2 heterocycles. The molecule has 6 nitrogen and oxygen atoms in total. The lowest BCUT2D eigenvalue weighted by Crippen LogP contribution is -2.64. The molecule has 1 aromatic carbocycles. The number of imide groups is 2. The third-order valence-corrected chi connectivity index (χ3v) is 3.98. The van der Waals surface area contributed by atoms with Crippen LogP contribution in [0.2, 0.25) is 0 Å². The molecule has 2 aromatic rings. The largest absolute Gasteiger partial charge is 0.328 e. The first-order valence-corrected chi connectivity index (χ1v) is 7.25. The number of benzene rings is 1. The molecular weight excluding hydrogens is 294 g/mol. The van der Waals surface area contributed by atoms with Gasteiger partial charge in [-0.25, -0.2) is 4.79 Å². The second-order valence-electron chi connectivity index (χ2n) is 5.33. The summed E-state index contributed by atoms with van der Waals surface area (Å²) in [4.78, 5) is 40.7. The summed E-state index contributed by atoms with van der Waals surface area (Å²) in [6.07, 6.45) is 2.32. The molecule has 23 heavy (non-hydrogen) atoms. The zero-order valence-electron chi connectivity index (χ0n) is 12.3. The van der Waals surface area contributed by atoms with Gasteiger partial charge in [0.2, 0.25) is 11.8 Å². The van der Waals surface area contributed by atoms with Crippen LogP contribution in [0.15, 0.2) is 54.7 Å². The standard InChI is InChI=1S/C17H15N3O3/c21-14-17(12-6-2-1-3-7-12,15(22)20-16(23)19-14)10-9-13-8-4-5-11-18-13/h1-8,11H,9-10H2,(H2,19,20,21,22,23). The highest BCUT2D eigenvalue weighted by Crippen LogP contribution is 2.32. The van der Waals surface area contributed by atoms with Gasteiger partial charge in [-0.15, -0.1) is 0 Å². The molecule has 1 fully saturated rings. The second-order valence-corrected chi connectivity index (χ2v) is 5.33. The number of rotatable bonds is 4. The Kier molecular flexibility index (Phi) is 3.89. The number of barbiturate groups is 1. The minimum atomic E-state index is -1.44. The number of nitrogens with one attached hydrogen (secondary N) is 2. The molecule has 1 saturated heterocycles. The van der Waals surface area contributed by atoms with E-state index < -0.39 is 23.3 Å². The molecule has 4 amide bonds. The molecule has 0 aliphatic carbocycles. The van der Waals surface area contributed by atoms with Crippen LogP contribution in [0.1, 0.15) is 17.7 Å². The first kappa shape index (κ1) is 14.9. The summed E-state index contributed by atoms with van der Waals surface area (Å²) in [5.41, 5.74) is -0.106. The lowest BCUT2D eigenvalue weighted by Gasteiger charge is -2.34. The molecule has 0 radical (unpaired) electrons. The minimum Gasteiger partial charge on any atom is -0.277 e. The molecule has 1 aliphatic rings. The van der Waals surface area contributed by atoms with Crippen molar-refractivity contribution in [2.24, 2.45) is 0 Å². The second kappa shape index (κ2) is 6.00. The Balaban J connectivity index is 1.99. The summed E-state index contributed by atoms with van der Waals surface area (Å²) < 4.78 is 0. The fourth-order valence-corrected chi connectivity index (χ4v) is 2.77. The number of aryl methyl sites for hydroxylation is 1. The topological polar surface area (TPSA) is 88.2 Å². The number of urea groups is 1. The van der Waals surface area contributed by atoms with Gasteiger partial charge >= 0.3 is 6.03 Å². The fourth-order valence-electron chi connectivity index (χ4n) is 2.77. The van der Waals surface area contributed by atoms with E-state index in [1.807, 2.05) is 12.1 Å². The Morgan fingerprint density at radius 3 is 2.13 bits per heavy atom. The average Bonchev–Trinajstić information content (AvgIpc) is 2.56. The van der Waals surface area contributed by atoms with E-state index in [2.05, 4.69) is 15.6 Å². The van der Waals surface area contributed by atoms with Crippen molar-refractivity contribution in [2.75, 3.05) is 0 Å². The van der Waals surface area contributed by atoms with Crippen molar-refractivity contribution in [3.8, 4) is 0 Å². The van der Waals surface area contributed by atoms with Gasteiger partial charge in [0.15, 0.2) is 5.41 Å². The zero-order chi connectivity index (χ0) is 16.3. The number of pyridine rings is 1. The minimum absolute atomic E-state index is 0.221. The van der Waals surface area contributed by atoms with E-state index in [0.717, 1.165) is 5.69 Å². The number of hydrogen-bond acceptors (Lipinski definition) is 4. The first-order chi connectivity index (χ1) is 11.1. The number of carbonyl (C=O) groups is 3. The quantitative estimate of drug-likeness (QED) is 0.834. The van der Waals surface area contributed by atoms with Crippen molar-refractivity contribution in [3.05, 3.63) is 66.0 Å². The predicted octanol–water partition coefficient (Wildman–Crippen LogP) is 1.32. The summed E-state index contributed by atoms with van der Waals surface area (Å²) in [5, 5.41) is 4.41. The first-order valence-electron chi connectivity index (χ1n) is 7.25. The smallest absolute Gasteiger partial charge is 0.277 e. The Bertz CT molecular complexity index is 724. The third kappa shape index (κ3) is 2.70. The SMILES string of the molecule is O=C1NC(=O)C(CCc2ccccn2)(c2ccccc2)C(=O)N1. The summed E-state index contributed by atoms with van der Waals surface area (Å²) >= 11 is 0.